The summed E-state index contributed by atoms with van der Waals surface area (Å²) in [6.07, 6.45) is 7.36. The Labute approximate surface area is 112 Å². The second kappa shape index (κ2) is 7.75. The van der Waals surface area contributed by atoms with Crippen molar-refractivity contribution in [3.05, 3.63) is 59.9 Å². The Kier molecular flexibility index (Phi) is 6.27. The lowest BCUT2D eigenvalue weighted by Crippen LogP contribution is -2.04. The fourth-order valence-corrected chi connectivity index (χ4v) is 2.19. The Morgan fingerprint density at radius 3 is 2.78 bits per heavy atom. The summed E-state index contributed by atoms with van der Waals surface area (Å²) in [6.45, 7) is 10.5. The second-order valence-corrected chi connectivity index (χ2v) is 4.90. The summed E-state index contributed by atoms with van der Waals surface area (Å²) in [5, 5.41) is 3.18. The maximum Gasteiger partial charge on any atom is 0.00732 e. The summed E-state index contributed by atoms with van der Waals surface area (Å²) in [5.74, 6) is 0.626. The number of benzene rings is 1. The Balaban J connectivity index is 2.36. The molecule has 0 heterocycles. The largest absolute Gasteiger partial charge is 0.366 e. The molecule has 98 valence electrons. The first kappa shape index (κ1) is 14.6. The van der Waals surface area contributed by atoms with Crippen LogP contribution in [0.5, 0.6) is 0 Å². The molecular formula is C17H25N. The van der Waals surface area contributed by atoms with Crippen molar-refractivity contribution < 1.29 is 0 Å². The first-order valence-corrected chi connectivity index (χ1v) is 6.76. The average molecular weight is 243 g/mol. The van der Waals surface area contributed by atoms with Crippen LogP contribution in [0.15, 0.2) is 48.8 Å². The van der Waals surface area contributed by atoms with Crippen molar-refractivity contribution in [1.29, 1.82) is 0 Å². The van der Waals surface area contributed by atoms with Gasteiger partial charge in [-0.05, 0) is 56.4 Å². The molecule has 18 heavy (non-hydrogen) atoms. The molecule has 1 atom stereocenters. The van der Waals surface area contributed by atoms with Crippen LogP contribution in [0.25, 0.3) is 0 Å². The van der Waals surface area contributed by atoms with Crippen LogP contribution in [-0.4, -0.2) is 0 Å². The van der Waals surface area contributed by atoms with Gasteiger partial charge in [-0.15, -0.1) is 0 Å². The molecule has 0 spiro atoms. The maximum absolute atomic E-state index is 4.02. The number of nitrogens with one attached hydrogen (secondary N) is 1. The van der Waals surface area contributed by atoms with Gasteiger partial charge in [0.15, 0.2) is 0 Å². The zero-order valence-corrected chi connectivity index (χ0v) is 11.9. The van der Waals surface area contributed by atoms with E-state index >= 15 is 0 Å². The number of hydrogen-bond acceptors (Lipinski definition) is 1. The molecule has 0 bridgehead atoms. The highest BCUT2D eigenvalue weighted by Crippen LogP contribution is 2.24. The van der Waals surface area contributed by atoms with Crippen LogP contribution in [0.4, 0.5) is 0 Å². The third kappa shape index (κ3) is 4.79. The SMILES string of the molecule is C=C(CCCC(C)c1ccccc1C)N/C=C\C. The minimum absolute atomic E-state index is 0.626. The van der Waals surface area contributed by atoms with Gasteiger partial charge in [0, 0.05) is 5.70 Å². The van der Waals surface area contributed by atoms with E-state index in [-0.39, 0.29) is 0 Å². The molecule has 1 aromatic carbocycles. The van der Waals surface area contributed by atoms with Crippen LogP contribution in [0.3, 0.4) is 0 Å². The van der Waals surface area contributed by atoms with E-state index in [1.807, 2.05) is 19.2 Å². The van der Waals surface area contributed by atoms with Crippen molar-refractivity contribution in [3.8, 4) is 0 Å². The van der Waals surface area contributed by atoms with E-state index in [2.05, 4.69) is 50.0 Å². The maximum atomic E-state index is 4.02. The van der Waals surface area contributed by atoms with E-state index in [1.54, 1.807) is 0 Å². The van der Waals surface area contributed by atoms with Gasteiger partial charge in [-0.2, -0.15) is 0 Å². The molecule has 1 unspecified atom stereocenters. The number of hydrogen-bond donors (Lipinski definition) is 1. The molecule has 0 saturated carbocycles. The molecule has 0 radical (unpaired) electrons. The average Bonchev–Trinajstić information content (AvgIpc) is 2.36. The molecule has 0 aliphatic rings. The summed E-state index contributed by atoms with van der Waals surface area (Å²) in [4.78, 5) is 0. The predicted octanol–water partition coefficient (Wildman–Crippen LogP) is 4.91. The molecular weight excluding hydrogens is 218 g/mol. The monoisotopic (exact) mass is 243 g/mol. The highest BCUT2D eigenvalue weighted by molar-refractivity contribution is 5.28. The molecule has 0 aromatic heterocycles. The van der Waals surface area contributed by atoms with Crippen molar-refractivity contribution in [2.24, 2.45) is 0 Å². The normalized spacial score (nSPS) is 12.6. The molecule has 1 rings (SSSR count). The van der Waals surface area contributed by atoms with Crippen LogP contribution in [0, 0.1) is 6.92 Å². The van der Waals surface area contributed by atoms with Gasteiger partial charge in [-0.1, -0.05) is 43.8 Å². The summed E-state index contributed by atoms with van der Waals surface area (Å²) in [5.41, 5.74) is 3.98. The van der Waals surface area contributed by atoms with Gasteiger partial charge in [0.25, 0.3) is 0 Å². The Morgan fingerprint density at radius 2 is 2.11 bits per heavy atom. The summed E-state index contributed by atoms with van der Waals surface area (Å²) in [7, 11) is 0. The van der Waals surface area contributed by atoms with Crippen molar-refractivity contribution in [2.45, 2.75) is 46.0 Å². The van der Waals surface area contributed by atoms with Crippen LogP contribution in [0.1, 0.15) is 50.2 Å². The van der Waals surface area contributed by atoms with Crippen molar-refractivity contribution in [1.82, 2.24) is 5.32 Å². The molecule has 0 saturated heterocycles. The lowest BCUT2D eigenvalue weighted by atomic mass is 9.92. The van der Waals surface area contributed by atoms with Crippen LogP contribution >= 0.6 is 0 Å². The van der Waals surface area contributed by atoms with E-state index in [9.17, 15) is 0 Å². The Morgan fingerprint density at radius 1 is 1.39 bits per heavy atom. The van der Waals surface area contributed by atoms with Crippen LogP contribution in [-0.2, 0) is 0 Å². The lowest BCUT2D eigenvalue weighted by molar-refractivity contribution is 0.621. The topological polar surface area (TPSA) is 12.0 Å². The standard InChI is InChI=1S/C17H25N/c1-5-13-18-16(4)11-8-10-15(3)17-12-7-6-9-14(17)2/h5-7,9,12-13,15,18H,4,8,10-11H2,1-3H3/b13-5-. The van der Waals surface area contributed by atoms with Crippen LogP contribution < -0.4 is 5.32 Å². The van der Waals surface area contributed by atoms with Gasteiger partial charge in [0.1, 0.15) is 0 Å². The first-order chi connectivity index (χ1) is 8.65. The Bertz CT molecular complexity index is 404. The summed E-state index contributed by atoms with van der Waals surface area (Å²) >= 11 is 0. The van der Waals surface area contributed by atoms with Crippen LogP contribution in [0.2, 0.25) is 0 Å². The van der Waals surface area contributed by atoms with Crippen molar-refractivity contribution in [2.75, 3.05) is 0 Å². The van der Waals surface area contributed by atoms with Gasteiger partial charge >= 0.3 is 0 Å². The molecule has 0 amide bonds. The smallest absolute Gasteiger partial charge is 0.00732 e. The summed E-state index contributed by atoms with van der Waals surface area (Å²) < 4.78 is 0. The molecule has 0 aliphatic carbocycles. The lowest BCUT2D eigenvalue weighted by Gasteiger charge is -2.14. The third-order valence-corrected chi connectivity index (χ3v) is 3.29. The highest BCUT2D eigenvalue weighted by Gasteiger charge is 2.07. The van der Waals surface area contributed by atoms with E-state index in [0.29, 0.717) is 5.92 Å². The molecule has 1 aromatic rings. The van der Waals surface area contributed by atoms with Crippen molar-refractivity contribution >= 4 is 0 Å². The second-order valence-electron chi connectivity index (χ2n) is 4.90. The number of rotatable bonds is 7. The fraction of sp³-hybridized carbons (Fsp3) is 0.412. The summed E-state index contributed by atoms with van der Waals surface area (Å²) in [6, 6.07) is 8.67. The molecule has 0 aliphatic heterocycles. The van der Waals surface area contributed by atoms with Gasteiger partial charge < -0.3 is 5.32 Å². The van der Waals surface area contributed by atoms with E-state index in [4.69, 9.17) is 0 Å². The minimum Gasteiger partial charge on any atom is -0.366 e. The quantitative estimate of drug-likeness (QED) is 0.717. The number of aryl methyl sites for hydroxylation is 1. The zero-order valence-electron chi connectivity index (χ0n) is 11.9. The zero-order chi connectivity index (χ0) is 13.4. The number of allylic oxidation sites excluding steroid dienone is 2. The van der Waals surface area contributed by atoms with Crippen molar-refractivity contribution in [3.63, 3.8) is 0 Å². The van der Waals surface area contributed by atoms with Gasteiger partial charge in [-0.25, -0.2) is 0 Å². The molecule has 1 heteroatoms. The van der Waals surface area contributed by atoms with Gasteiger partial charge in [-0.3, -0.25) is 0 Å². The minimum atomic E-state index is 0.626. The molecule has 1 nitrogen and oxygen atoms in total. The fourth-order valence-electron chi connectivity index (χ4n) is 2.19. The Hall–Kier alpha value is -1.50. The van der Waals surface area contributed by atoms with E-state index in [1.165, 1.54) is 24.0 Å². The highest BCUT2D eigenvalue weighted by atomic mass is 14.8. The van der Waals surface area contributed by atoms with Gasteiger partial charge in [0.05, 0.1) is 0 Å². The van der Waals surface area contributed by atoms with E-state index in [0.717, 1.165) is 12.1 Å². The van der Waals surface area contributed by atoms with Gasteiger partial charge in [0.2, 0.25) is 0 Å². The predicted molar refractivity (Wildman–Crippen MR) is 80.5 cm³/mol. The first-order valence-electron chi connectivity index (χ1n) is 6.76. The third-order valence-electron chi connectivity index (χ3n) is 3.29. The molecule has 1 N–H and O–H groups in total. The van der Waals surface area contributed by atoms with E-state index < -0.39 is 0 Å². The molecule has 0 fully saturated rings.